The molecule has 2 N–H and O–H groups in total. The molecule has 5 heteroatoms. The summed E-state index contributed by atoms with van der Waals surface area (Å²) in [4.78, 5) is 15.6. The van der Waals surface area contributed by atoms with Gasteiger partial charge in [0.1, 0.15) is 0 Å². The number of aromatic nitrogens is 3. The molecule has 0 saturated heterocycles. The van der Waals surface area contributed by atoms with Crippen molar-refractivity contribution >= 4 is 28.8 Å². The Hall–Kier alpha value is -8.28. The molecular formula is C56H39N5. The Morgan fingerprint density at radius 3 is 1.33 bits per heavy atom. The van der Waals surface area contributed by atoms with Gasteiger partial charge in [-0.25, -0.2) is 15.0 Å². The zero-order chi connectivity index (χ0) is 41.0. The zero-order valence-corrected chi connectivity index (χ0v) is 33.2. The predicted octanol–water partition coefficient (Wildman–Crippen LogP) is 13.2. The standard InChI is InChI=1S/C56H39N5/c57-52(42-27-15-5-16-28-42)51(41-25-13-4-14-26-41)53-49-36-45(32-31-44(49)37-50(58-53)40-23-11-3-12-24-40)55-59-54(43-29-17-6-18-30-43)60-56(61-55)48-34-46(38-19-7-1-8-20-38)33-47(35-48)39-21-9-2-10-22-39/h1-37,57-58H/b53-51-,57-52?. The van der Waals surface area contributed by atoms with Gasteiger partial charge >= 0.3 is 0 Å². The van der Waals surface area contributed by atoms with Crippen molar-refractivity contribution in [2.75, 3.05) is 0 Å². The molecule has 2 heterocycles. The van der Waals surface area contributed by atoms with E-state index in [-0.39, 0.29) is 0 Å². The monoisotopic (exact) mass is 781 g/mol. The summed E-state index contributed by atoms with van der Waals surface area (Å²) in [5, 5.41) is 13.6. The van der Waals surface area contributed by atoms with Crippen LogP contribution in [0.25, 0.3) is 79.5 Å². The average molecular weight is 782 g/mol. The second kappa shape index (κ2) is 16.5. The first-order valence-corrected chi connectivity index (χ1v) is 20.4. The average Bonchev–Trinajstić information content (AvgIpc) is 3.35. The Labute approximate surface area is 355 Å². The highest BCUT2D eigenvalue weighted by Crippen LogP contribution is 2.39. The van der Waals surface area contributed by atoms with Gasteiger partial charge in [-0.1, -0.05) is 194 Å². The summed E-state index contributed by atoms with van der Waals surface area (Å²) < 4.78 is 0. The summed E-state index contributed by atoms with van der Waals surface area (Å²) in [6.45, 7) is 0. The smallest absolute Gasteiger partial charge is 0.164 e. The van der Waals surface area contributed by atoms with Gasteiger partial charge < -0.3 is 5.32 Å². The molecule has 61 heavy (non-hydrogen) atoms. The van der Waals surface area contributed by atoms with Gasteiger partial charge in [-0.05, 0) is 69.3 Å². The minimum absolute atomic E-state index is 0.418. The molecule has 0 spiro atoms. The van der Waals surface area contributed by atoms with E-state index in [2.05, 4.69) is 121 Å². The lowest BCUT2D eigenvalue weighted by Gasteiger charge is -2.26. The van der Waals surface area contributed by atoms with Crippen molar-refractivity contribution in [3.05, 3.63) is 246 Å². The van der Waals surface area contributed by atoms with E-state index in [1.807, 2.05) is 109 Å². The first-order chi connectivity index (χ1) is 30.1. The van der Waals surface area contributed by atoms with Crippen LogP contribution in [0, 0.1) is 5.41 Å². The van der Waals surface area contributed by atoms with Crippen molar-refractivity contribution in [2.45, 2.75) is 0 Å². The molecule has 1 aromatic heterocycles. The number of hydrogen-bond donors (Lipinski definition) is 2. The van der Waals surface area contributed by atoms with E-state index in [9.17, 15) is 5.41 Å². The molecule has 8 aromatic carbocycles. The van der Waals surface area contributed by atoms with Gasteiger partial charge in [0.25, 0.3) is 0 Å². The molecular weight excluding hydrogens is 743 g/mol. The van der Waals surface area contributed by atoms with Crippen molar-refractivity contribution < 1.29 is 0 Å². The maximum Gasteiger partial charge on any atom is 0.164 e. The SMILES string of the molecule is N=C(/C(=C1\NC(c2ccccc2)=Cc2ccc(-c3nc(-c4ccccc4)nc(-c4cc(-c5ccccc5)cc(-c5ccccc5)c4)n3)cc21)c1ccccc1)c1ccccc1. The fraction of sp³-hybridized carbons (Fsp3) is 0. The highest BCUT2D eigenvalue weighted by atomic mass is 15.0. The van der Waals surface area contributed by atoms with Crippen LogP contribution in [0.1, 0.15) is 27.8 Å². The summed E-state index contributed by atoms with van der Waals surface area (Å²) in [7, 11) is 0. The van der Waals surface area contributed by atoms with E-state index >= 15 is 0 Å². The maximum absolute atomic E-state index is 9.75. The number of nitrogens with one attached hydrogen (secondary N) is 2. The van der Waals surface area contributed by atoms with Gasteiger partial charge in [-0.2, -0.15) is 0 Å². The molecule has 10 rings (SSSR count). The van der Waals surface area contributed by atoms with Crippen molar-refractivity contribution in [3.63, 3.8) is 0 Å². The fourth-order valence-electron chi connectivity index (χ4n) is 7.87. The van der Waals surface area contributed by atoms with E-state index in [1.165, 1.54) is 0 Å². The van der Waals surface area contributed by atoms with E-state index in [4.69, 9.17) is 15.0 Å². The summed E-state index contributed by atoms with van der Waals surface area (Å²) in [5.41, 5.74) is 14.7. The Balaban J connectivity index is 1.20. The van der Waals surface area contributed by atoms with Crippen molar-refractivity contribution in [3.8, 4) is 56.4 Å². The molecule has 288 valence electrons. The summed E-state index contributed by atoms with van der Waals surface area (Å²) >= 11 is 0. The van der Waals surface area contributed by atoms with Gasteiger partial charge in [-0.15, -0.1) is 0 Å². The van der Waals surface area contributed by atoms with E-state index in [1.54, 1.807) is 0 Å². The molecule has 0 saturated carbocycles. The number of allylic oxidation sites excluding steroid dienone is 1. The lowest BCUT2D eigenvalue weighted by molar-refractivity contribution is 1.07. The number of nitrogens with zero attached hydrogens (tertiary/aromatic N) is 3. The highest BCUT2D eigenvalue weighted by Gasteiger charge is 2.25. The largest absolute Gasteiger partial charge is 0.354 e. The summed E-state index contributed by atoms with van der Waals surface area (Å²) in [5.74, 6) is 1.71. The number of rotatable bonds is 9. The minimum Gasteiger partial charge on any atom is -0.354 e. The van der Waals surface area contributed by atoms with Crippen molar-refractivity contribution in [1.82, 2.24) is 20.3 Å². The maximum atomic E-state index is 9.75. The van der Waals surface area contributed by atoms with Crippen LogP contribution >= 0.6 is 0 Å². The van der Waals surface area contributed by atoms with Crippen molar-refractivity contribution in [1.29, 1.82) is 5.41 Å². The second-order valence-electron chi connectivity index (χ2n) is 14.9. The predicted molar refractivity (Wildman–Crippen MR) is 251 cm³/mol. The number of benzene rings is 8. The van der Waals surface area contributed by atoms with Crippen LogP contribution in [-0.2, 0) is 0 Å². The van der Waals surface area contributed by atoms with Gasteiger partial charge in [0.2, 0.25) is 0 Å². The topological polar surface area (TPSA) is 74.6 Å². The van der Waals surface area contributed by atoms with E-state index in [0.29, 0.717) is 23.2 Å². The number of fused-ring (bicyclic) bond motifs is 1. The van der Waals surface area contributed by atoms with Crippen LogP contribution in [0.3, 0.4) is 0 Å². The third-order valence-electron chi connectivity index (χ3n) is 10.9. The molecule has 0 unspecified atom stereocenters. The Morgan fingerprint density at radius 1 is 0.361 bits per heavy atom. The first-order valence-electron chi connectivity index (χ1n) is 20.4. The quantitative estimate of drug-likeness (QED) is 0.143. The van der Waals surface area contributed by atoms with Crippen LogP contribution in [0.2, 0.25) is 0 Å². The Bertz CT molecular complexity index is 3010. The van der Waals surface area contributed by atoms with Gasteiger partial charge in [0, 0.05) is 39.1 Å². The van der Waals surface area contributed by atoms with Crippen LogP contribution in [0.15, 0.2) is 218 Å². The normalized spacial score (nSPS) is 12.8. The van der Waals surface area contributed by atoms with Gasteiger partial charge in [0.15, 0.2) is 17.5 Å². The summed E-state index contributed by atoms with van der Waals surface area (Å²) in [6.07, 6.45) is 2.18. The molecule has 0 fully saturated rings. The minimum atomic E-state index is 0.418. The number of hydrogen-bond acceptors (Lipinski definition) is 5. The third kappa shape index (κ3) is 7.72. The van der Waals surface area contributed by atoms with E-state index < -0.39 is 0 Å². The van der Waals surface area contributed by atoms with Crippen molar-refractivity contribution in [2.24, 2.45) is 0 Å². The first kappa shape index (κ1) is 37.0. The van der Waals surface area contributed by atoms with Crippen LogP contribution < -0.4 is 5.32 Å². The molecule has 0 aliphatic carbocycles. The molecule has 0 atom stereocenters. The van der Waals surface area contributed by atoms with E-state index in [0.717, 1.165) is 83.7 Å². The Morgan fingerprint density at radius 2 is 0.787 bits per heavy atom. The van der Waals surface area contributed by atoms with Crippen LogP contribution in [0.4, 0.5) is 0 Å². The fourth-order valence-corrected chi connectivity index (χ4v) is 7.87. The molecule has 0 bridgehead atoms. The summed E-state index contributed by atoms with van der Waals surface area (Å²) in [6, 6.07) is 74.4. The van der Waals surface area contributed by atoms with Gasteiger partial charge in [-0.3, -0.25) is 5.41 Å². The Kier molecular flexibility index (Phi) is 10.0. The molecule has 0 amide bonds. The lowest BCUT2D eigenvalue weighted by atomic mass is 9.87. The molecule has 1 aliphatic rings. The molecule has 0 radical (unpaired) electrons. The van der Waals surface area contributed by atoms with Crippen LogP contribution in [0.5, 0.6) is 0 Å². The highest BCUT2D eigenvalue weighted by molar-refractivity contribution is 6.36. The third-order valence-corrected chi connectivity index (χ3v) is 10.9. The van der Waals surface area contributed by atoms with Gasteiger partial charge in [0.05, 0.1) is 11.4 Å². The zero-order valence-electron chi connectivity index (χ0n) is 33.2. The molecule has 9 aromatic rings. The van der Waals surface area contributed by atoms with Crippen LogP contribution in [-0.4, -0.2) is 20.7 Å². The molecule has 1 aliphatic heterocycles. The second-order valence-corrected chi connectivity index (χ2v) is 14.9. The lowest BCUT2D eigenvalue weighted by Crippen LogP contribution is -2.20. The molecule has 5 nitrogen and oxygen atoms in total.